The summed E-state index contributed by atoms with van der Waals surface area (Å²) in [5, 5.41) is 11.7. The average molecular weight is 351 g/mol. The van der Waals surface area contributed by atoms with E-state index in [0.29, 0.717) is 13.2 Å². The lowest BCUT2D eigenvalue weighted by Crippen LogP contribution is -2.36. The van der Waals surface area contributed by atoms with Crippen LogP contribution >= 0.6 is 0 Å². The van der Waals surface area contributed by atoms with Crippen molar-refractivity contribution in [3.05, 3.63) is 65.5 Å². The second-order valence-electron chi connectivity index (χ2n) is 5.79. The Morgan fingerprint density at radius 2 is 1.85 bits per heavy atom. The zero-order valence-corrected chi connectivity index (χ0v) is 14.1. The second-order valence-corrected chi connectivity index (χ2v) is 5.79. The van der Waals surface area contributed by atoms with E-state index in [2.05, 4.69) is 10.2 Å². The number of nitrogens with zero attached hydrogens (tertiary/aromatic N) is 2. The minimum atomic E-state index is -0.644. The van der Waals surface area contributed by atoms with Gasteiger partial charge in [-0.15, -0.1) is 0 Å². The summed E-state index contributed by atoms with van der Waals surface area (Å²) in [6, 6.07) is 15.3. The molecule has 1 heterocycles. The van der Waals surface area contributed by atoms with E-state index in [1.165, 1.54) is 24.3 Å². The standard InChI is InChI=1S/C20H18FN3O2/c21-18-3-1-2-4-19(18)23-20(25)16(14-22)13-15-5-7-17(8-6-15)24-9-11-26-12-10-24/h1-8,13H,9-12H2,(H,23,25). The number of para-hydroxylation sites is 1. The van der Waals surface area contributed by atoms with E-state index >= 15 is 0 Å². The number of hydrogen-bond donors (Lipinski definition) is 1. The van der Waals surface area contributed by atoms with E-state index in [0.717, 1.165) is 24.3 Å². The molecule has 1 fully saturated rings. The van der Waals surface area contributed by atoms with Crippen LogP contribution in [0.1, 0.15) is 5.56 Å². The predicted molar refractivity (Wildman–Crippen MR) is 98.1 cm³/mol. The Morgan fingerprint density at radius 1 is 1.15 bits per heavy atom. The minimum Gasteiger partial charge on any atom is -0.378 e. The number of amides is 1. The van der Waals surface area contributed by atoms with Crippen LogP contribution in [0.25, 0.3) is 6.08 Å². The molecule has 1 amide bonds. The zero-order valence-electron chi connectivity index (χ0n) is 14.1. The molecule has 26 heavy (non-hydrogen) atoms. The Balaban J connectivity index is 1.73. The normalized spacial score (nSPS) is 14.6. The first-order chi connectivity index (χ1) is 12.7. The summed E-state index contributed by atoms with van der Waals surface area (Å²) in [7, 11) is 0. The van der Waals surface area contributed by atoms with Crippen molar-refractivity contribution < 1.29 is 13.9 Å². The maximum Gasteiger partial charge on any atom is 0.266 e. The number of nitrogens with one attached hydrogen (secondary N) is 1. The SMILES string of the molecule is N#CC(=Cc1ccc(N2CCOCC2)cc1)C(=O)Nc1ccccc1F. The maximum atomic E-state index is 13.6. The Bertz CT molecular complexity index is 850. The van der Waals surface area contributed by atoms with Crippen molar-refractivity contribution in [2.45, 2.75) is 0 Å². The number of nitriles is 1. The molecule has 0 atom stereocenters. The van der Waals surface area contributed by atoms with Gasteiger partial charge in [0.15, 0.2) is 0 Å². The summed E-state index contributed by atoms with van der Waals surface area (Å²) >= 11 is 0. The summed E-state index contributed by atoms with van der Waals surface area (Å²) in [5.41, 5.74) is 1.75. The summed E-state index contributed by atoms with van der Waals surface area (Å²) in [6.45, 7) is 3.08. The smallest absolute Gasteiger partial charge is 0.266 e. The van der Waals surface area contributed by atoms with Gasteiger partial charge in [0, 0.05) is 18.8 Å². The summed E-state index contributed by atoms with van der Waals surface area (Å²) in [4.78, 5) is 14.4. The first kappa shape index (κ1) is 17.6. The van der Waals surface area contributed by atoms with Crippen molar-refractivity contribution in [3.63, 3.8) is 0 Å². The second kappa shape index (κ2) is 8.28. The van der Waals surface area contributed by atoms with Crippen molar-refractivity contribution in [1.29, 1.82) is 5.26 Å². The molecule has 132 valence electrons. The zero-order chi connectivity index (χ0) is 18.4. The van der Waals surface area contributed by atoms with Gasteiger partial charge in [0.2, 0.25) is 0 Å². The third kappa shape index (κ3) is 4.26. The third-order valence-corrected chi connectivity index (χ3v) is 4.07. The molecule has 1 aliphatic rings. The van der Waals surface area contributed by atoms with Gasteiger partial charge in [0.1, 0.15) is 17.5 Å². The fraction of sp³-hybridized carbons (Fsp3) is 0.200. The highest BCUT2D eigenvalue weighted by atomic mass is 19.1. The lowest BCUT2D eigenvalue weighted by Gasteiger charge is -2.28. The fourth-order valence-corrected chi connectivity index (χ4v) is 2.67. The molecule has 0 radical (unpaired) electrons. The van der Waals surface area contributed by atoms with Crippen LogP contribution in [0.5, 0.6) is 0 Å². The topological polar surface area (TPSA) is 65.4 Å². The van der Waals surface area contributed by atoms with Crippen LogP contribution in [0.2, 0.25) is 0 Å². The molecule has 0 aromatic heterocycles. The van der Waals surface area contributed by atoms with Gasteiger partial charge in [-0.2, -0.15) is 5.26 Å². The van der Waals surface area contributed by atoms with Crippen LogP contribution in [0.3, 0.4) is 0 Å². The van der Waals surface area contributed by atoms with Gasteiger partial charge >= 0.3 is 0 Å². The van der Waals surface area contributed by atoms with Crippen LogP contribution in [0.15, 0.2) is 54.1 Å². The van der Waals surface area contributed by atoms with Crippen LogP contribution in [0.4, 0.5) is 15.8 Å². The van der Waals surface area contributed by atoms with Crippen molar-refractivity contribution >= 4 is 23.4 Å². The van der Waals surface area contributed by atoms with Crippen molar-refractivity contribution in [2.24, 2.45) is 0 Å². The Morgan fingerprint density at radius 3 is 2.50 bits per heavy atom. The lowest BCUT2D eigenvalue weighted by atomic mass is 10.1. The lowest BCUT2D eigenvalue weighted by molar-refractivity contribution is -0.112. The van der Waals surface area contributed by atoms with E-state index in [1.807, 2.05) is 30.3 Å². The molecule has 3 rings (SSSR count). The largest absolute Gasteiger partial charge is 0.378 e. The number of rotatable bonds is 4. The van der Waals surface area contributed by atoms with Gasteiger partial charge in [-0.1, -0.05) is 24.3 Å². The van der Waals surface area contributed by atoms with Gasteiger partial charge in [0.05, 0.1) is 18.9 Å². The molecule has 2 aromatic carbocycles. The molecule has 2 aromatic rings. The van der Waals surface area contributed by atoms with Crippen LogP contribution < -0.4 is 10.2 Å². The number of anilines is 2. The number of carbonyl (C=O) groups excluding carboxylic acids is 1. The molecule has 6 heteroatoms. The number of hydrogen-bond acceptors (Lipinski definition) is 4. The van der Waals surface area contributed by atoms with Crippen molar-refractivity contribution in [3.8, 4) is 6.07 Å². The van der Waals surface area contributed by atoms with Gasteiger partial charge < -0.3 is 15.0 Å². The van der Waals surface area contributed by atoms with Gasteiger partial charge in [0.25, 0.3) is 5.91 Å². The van der Waals surface area contributed by atoms with Crippen molar-refractivity contribution in [1.82, 2.24) is 0 Å². The molecule has 0 saturated carbocycles. The molecule has 0 bridgehead atoms. The Labute approximate surface area is 151 Å². The molecule has 0 spiro atoms. The molecule has 1 aliphatic heterocycles. The van der Waals surface area contributed by atoms with E-state index in [1.54, 1.807) is 6.07 Å². The van der Waals surface area contributed by atoms with Crippen LogP contribution in [-0.4, -0.2) is 32.2 Å². The number of ether oxygens (including phenoxy) is 1. The van der Waals surface area contributed by atoms with Gasteiger partial charge in [-0.05, 0) is 35.9 Å². The summed E-state index contributed by atoms with van der Waals surface area (Å²) < 4.78 is 19.0. The Hall–Kier alpha value is -3.17. The van der Waals surface area contributed by atoms with Crippen LogP contribution in [-0.2, 0) is 9.53 Å². The quantitative estimate of drug-likeness (QED) is 0.679. The summed E-state index contributed by atoms with van der Waals surface area (Å²) in [6.07, 6.45) is 1.49. The molecule has 1 N–H and O–H groups in total. The number of halogens is 1. The number of carbonyl (C=O) groups is 1. The van der Waals surface area contributed by atoms with E-state index in [4.69, 9.17) is 4.74 Å². The van der Waals surface area contributed by atoms with Gasteiger partial charge in [-0.3, -0.25) is 4.79 Å². The minimum absolute atomic E-state index is 0.0429. The molecule has 0 unspecified atom stereocenters. The van der Waals surface area contributed by atoms with E-state index in [-0.39, 0.29) is 11.3 Å². The first-order valence-corrected chi connectivity index (χ1v) is 8.28. The molecule has 0 aliphatic carbocycles. The van der Waals surface area contributed by atoms with E-state index in [9.17, 15) is 14.4 Å². The third-order valence-electron chi connectivity index (χ3n) is 4.07. The fourth-order valence-electron chi connectivity index (χ4n) is 2.67. The highest BCUT2D eigenvalue weighted by Crippen LogP contribution is 2.19. The Kier molecular flexibility index (Phi) is 5.62. The predicted octanol–water partition coefficient (Wildman–Crippen LogP) is 3.21. The molecular formula is C20H18FN3O2. The molecular weight excluding hydrogens is 333 g/mol. The molecule has 5 nitrogen and oxygen atoms in total. The average Bonchev–Trinajstić information content (AvgIpc) is 2.69. The molecule has 1 saturated heterocycles. The maximum absolute atomic E-state index is 13.6. The van der Waals surface area contributed by atoms with Crippen LogP contribution in [0, 0.1) is 17.1 Å². The van der Waals surface area contributed by atoms with Gasteiger partial charge in [-0.25, -0.2) is 4.39 Å². The first-order valence-electron chi connectivity index (χ1n) is 8.28. The monoisotopic (exact) mass is 351 g/mol. The highest BCUT2D eigenvalue weighted by molar-refractivity contribution is 6.09. The van der Waals surface area contributed by atoms with E-state index < -0.39 is 11.7 Å². The number of morpholine rings is 1. The number of benzene rings is 2. The summed E-state index contributed by atoms with van der Waals surface area (Å²) in [5.74, 6) is -1.19. The van der Waals surface area contributed by atoms with Crippen molar-refractivity contribution in [2.75, 3.05) is 36.5 Å². The highest BCUT2D eigenvalue weighted by Gasteiger charge is 2.13.